The second-order valence-electron chi connectivity index (χ2n) is 9.42. The lowest BCUT2D eigenvalue weighted by Gasteiger charge is -2.20. The van der Waals surface area contributed by atoms with Crippen molar-refractivity contribution >= 4 is 23.1 Å². The van der Waals surface area contributed by atoms with Crippen molar-refractivity contribution in [3.63, 3.8) is 0 Å². The van der Waals surface area contributed by atoms with Crippen LogP contribution >= 0.6 is 0 Å². The molecule has 3 aromatic rings. The minimum atomic E-state index is -0.445. The fraction of sp³-hybridized carbons (Fsp3) is 0.310. The largest absolute Gasteiger partial charge is 0.483 e. The van der Waals surface area contributed by atoms with Crippen LogP contribution in [0.2, 0.25) is 0 Å². The van der Waals surface area contributed by atoms with Crippen LogP contribution in [-0.4, -0.2) is 36.0 Å². The average molecular weight is 499 g/mol. The Morgan fingerprint density at radius 1 is 1.11 bits per heavy atom. The van der Waals surface area contributed by atoms with E-state index in [9.17, 15) is 19.6 Å². The van der Waals surface area contributed by atoms with E-state index in [1.165, 1.54) is 35.4 Å². The van der Waals surface area contributed by atoms with E-state index in [2.05, 4.69) is 10.2 Å². The summed E-state index contributed by atoms with van der Waals surface area (Å²) in [6.07, 6.45) is 3.84. The molecule has 4 rings (SSSR count). The first-order chi connectivity index (χ1) is 17.8. The van der Waals surface area contributed by atoms with Gasteiger partial charge in [0.1, 0.15) is 17.4 Å². The van der Waals surface area contributed by atoms with Crippen molar-refractivity contribution in [3.05, 3.63) is 87.3 Å². The van der Waals surface area contributed by atoms with Gasteiger partial charge in [-0.3, -0.25) is 14.4 Å². The van der Waals surface area contributed by atoms with Crippen molar-refractivity contribution in [1.29, 1.82) is 5.26 Å². The van der Waals surface area contributed by atoms with Crippen molar-refractivity contribution in [1.82, 2.24) is 4.57 Å². The van der Waals surface area contributed by atoms with Gasteiger partial charge in [-0.25, -0.2) is 0 Å². The maximum absolute atomic E-state index is 13.3. The van der Waals surface area contributed by atoms with Crippen LogP contribution in [0.3, 0.4) is 0 Å². The van der Waals surface area contributed by atoms with Gasteiger partial charge in [-0.05, 0) is 75.6 Å². The number of benzene rings is 2. The molecule has 0 radical (unpaired) electrons. The summed E-state index contributed by atoms with van der Waals surface area (Å²) in [5.41, 5.74) is 2.83. The number of anilines is 2. The fourth-order valence-corrected chi connectivity index (χ4v) is 4.51. The Morgan fingerprint density at radius 3 is 2.51 bits per heavy atom. The van der Waals surface area contributed by atoms with E-state index in [4.69, 9.17) is 4.74 Å². The molecule has 1 fully saturated rings. The number of carbonyl (C=O) groups excluding carboxylic acids is 2. The number of hydrogen-bond acceptors (Lipinski definition) is 6. The Balaban J connectivity index is 1.47. The van der Waals surface area contributed by atoms with Gasteiger partial charge in [0.2, 0.25) is 0 Å². The van der Waals surface area contributed by atoms with Gasteiger partial charge in [0.25, 0.3) is 11.5 Å². The maximum Gasteiger partial charge on any atom is 0.268 e. The maximum atomic E-state index is 13.3. The molecule has 1 amide bonds. The lowest BCUT2D eigenvalue weighted by atomic mass is 10.0. The number of ether oxygens (including phenoxy) is 1. The molecule has 2 aromatic carbocycles. The highest BCUT2D eigenvalue weighted by atomic mass is 16.5. The number of carbonyl (C=O) groups is 2. The Labute approximate surface area is 216 Å². The molecule has 0 saturated carbocycles. The third kappa shape index (κ3) is 5.72. The highest BCUT2D eigenvalue weighted by molar-refractivity contribution is 6.10. The summed E-state index contributed by atoms with van der Waals surface area (Å²) in [5, 5.41) is 12.2. The number of pyridine rings is 1. The summed E-state index contributed by atoms with van der Waals surface area (Å²) in [5.74, 6) is -0.519. The molecule has 1 saturated heterocycles. The van der Waals surface area contributed by atoms with Crippen molar-refractivity contribution in [2.24, 2.45) is 0 Å². The Morgan fingerprint density at radius 2 is 1.84 bits per heavy atom. The van der Waals surface area contributed by atoms with E-state index in [0.29, 0.717) is 5.69 Å². The van der Waals surface area contributed by atoms with Gasteiger partial charge in [-0.2, -0.15) is 5.26 Å². The van der Waals surface area contributed by atoms with E-state index in [1.54, 1.807) is 38.1 Å². The van der Waals surface area contributed by atoms with Crippen molar-refractivity contribution in [3.8, 4) is 11.8 Å². The molecule has 1 N–H and O–H groups in total. The van der Waals surface area contributed by atoms with Crippen LogP contribution in [0.25, 0.3) is 0 Å². The van der Waals surface area contributed by atoms with E-state index >= 15 is 0 Å². The number of rotatable bonds is 8. The van der Waals surface area contributed by atoms with Crippen LogP contribution in [0.4, 0.5) is 11.4 Å². The fourth-order valence-electron chi connectivity index (χ4n) is 4.51. The van der Waals surface area contributed by atoms with Crippen molar-refractivity contribution < 1.29 is 14.3 Å². The van der Waals surface area contributed by atoms with Crippen molar-refractivity contribution in [2.45, 2.75) is 39.7 Å². The number of nitrogens with zero attached hydrogens (tertiary/aromatic N) is 3. The lowest BCUT2D eigenvalue weighted by molar-refractivity contribution is -0.118. The molecule has 37 heavy (non-hydrogen) atoms. The van der Waals surface area contributed by atoms with Crippen LogP contribution in [0.5, 0.6) is 5.75 Å². The molecule has 8 heteroatoms. The highest BCUT2D eigenvalue weighted by Crippen LogP contribution is 2.27. The van der Waals surface area contributed by atoms with Gasteiger partial charge in [0.05, 0.1) is 5.56 Å². The Hall–Kier alpha value is -4.38. The van der Waals surface area contributed by atoms with E-state index in [-0.39, 0.29) is 41.0 Å². The molecule has 0 aliphatic carbocycles. The Kier molecular flexibility index (Phi) is 7.73. The number of aryl methyl sites for hydroxylation is 1. The quantitative estimate of drug-likeness (QED) is 0.460. The van der Waals surface area contributed by atoms with Crippen LogP contribution in [0, 0.1) is 18.3 Å². The SMILES string of the molecule is Cc1cc(NC(=O)COc2ccccc2C(=O)c2cc(C#N)c(=O)n(C(C)C)c2)ccc1N1CCCC1. The number of amides is 1. The summed E-state index contributed by atoms with van der Waals surface area (Å²) in [7, 11) is 0. The molecule has 0 unspecified atom stereocenters. The summed E-state index contributed by atoms with van der Waals surface area (Å²) in [6.45, 7) is 7.44. The number of ketones is 1. The number of hydrogen-bond donors (Lipinski definition) is 1. The zero-order chi connectivity index (χ0) is 26.5. The zero-order valence-corrected chi connectivity index (χ0v) is 21.3. The van der Waals surface area contributed by atoms with Gasteiger partial charge in [0, 0.05) is 42.3 Å². The minimum absolute atomic E-state index is 0.108. The molecule has 0 spiro atoms. The smallest absolute Gasteiger partial charge is 0.268 e. The summed E-state index contributed by atoms with van der Waals surface area (Å²) in [6, 6.07) is 15.4. The molecule has 1 aliphatic rings. The number of para-hydroxylation sites is 1. The summed E-state index contributed by atoms with van der Waals surface area (Å²) >= 11 is 0. The molecule has 2 heterocycles. The highest BCUT2D eigenvalue weighted by Gasteiger charge is 2.19. The summed E-state index contributed by atoms with van der Waals surface area (Å²) in [4.78, 5) is 40.7. The van der Waals surface area contributed by atoms with E-state index < -0.39 is 11.3 Å². The van der Waals surface area contributed by atoms with E-state index in [0.717, 1.165) is 18.7 Å². The number of aromatic nitrogens is 1. The molecule has 190 valence electrons. The molecule has 8 nitrogen and oxygen atoms in total. The van der Waals surface area contributed by atoms with Gasteiger partial charge in [-0.15, -0.1) is 0 Å². The van der Waals surface area contributed by atoms with Crippen molar-refractivity contribution in [2.75, 3.05) is 29.9 Å². The third-order valence-electron chi connectivity index (χ3n) is 6.40. The standard InChI is InChI=1S/C29H30N4O4/c1-19(2)33-17-22(15-21(16-30)29(33)36)28(35)24-8-4-5-9-26(24)37-18-27(34)31-23-10-11-25(20(3)14-23)32-12-6-7-13-32/h4-5,8-11,14-15,17,19H,6-7,12-13,18H2,1-3H3,(H,31,34). The van der Waals surface area contributed by atoms with Gasteiger partial charge >= 0.3 is 0 Å². The predicted molar refractivity (Wildman–Crippen MR) is 142 cm³/mol. The predicted octanol–water partition coefficient (Wildman–Crippen LogP) is 4.46. The first-order valence-electron chi connectivity index (χ1n) is 12.4. The normalized spacial score (nSPS) is 12.9. The number of nitrogens with one attached hydrogen (secondary N) is 1. The summed E-state index contributed by atoms with van der Waals surface area (Å²) < 4.78 is 7.09. The lowest BCUT2D eigenvalue weighted by Crippen LogP contribution is -2.25. The third-order valence-corrected chi connectivity index (χ3v) is 6.40. The molecular formula is C29H30N4O4. The second-order valence-corrected chi connectivity index (χ2v) is 9.42. The van der Waals surface area contributed by atoms with Gasteiger partial charge < -0.3 is 19.5 Å². The number of nitriles is 1. The van der Waals surface area contributed by atoms with Crippen LogP contribution in [0.1, 0.15) is 59.8 Å². The topological polar surface area (TPSA) is 104 Å². The first kappa shape index (κ1) is 25.7. The van der Waals surface area contributed by atoms with Gasteiger partial charge in [0.15, 0.2) is 12.4 Å². The Bertz CT molecular complexity index is 1430. The molecule has 0 atom stereocenters. The van der Waals surface area contributed by atoms with Crippen LogP contribution in [-0.2, 0) is 4.79 Å². The minimum Gasteiger partial charge on any atom is -0.483 e. The molecule has 1 aliphatic heterocycles. The molecule has 1 aromatic heterocycles. The monoisotopic (exact) mass is 498 g/mol. The van der Waals surface area contributed by atoms with E-state index in [1.807, 2.05) is 31.2 Å². The zero-order valence-electron chi connectivity index (χ0n) is 21.3. The van der Waals surface area contributed by atoms with Crippen LogP contribution < -0.4 is 20.5 Å². The van der Waals surface area contributed by atoms with Gasteiger partial charge in [-0.1, -0.05) is 12.1 Å². The average Bonchev–Trinajstić information content (AvgIpc) is 3.42. The second kappa shape index (κ2) is 11.1. The first-order valence-corrected chi connectivity index (χ1v) is 12.4. The molecule has 0 bridgehead atoms. The van der Waals surface area contributed by atoms with Crippen LogP contribution in [0.15, 0.2) is 59.5 Å². The molecular weight excluding hydrogens is 468 g/mol.